The van der Waals surface area contributed by atoms with Crippen LogP contribution in [0.3, 0.4) is 0 Å². The number of carbonyl (C=O) groups is 4. The van der Waals surface area contributed by atoms with Crippen molar-refractivity contribution in [2.75, 3.05) is 6.54 Å². The Balaban J connectivity index is 2.90. The van der Waals surface area contributed by atoms with E-state index in [-0.39, 0.29) is 36.4 Å². The third-order valence-electron chi connectivity index (χ3n) is 5.08. The molecule has 0 radical (unpaired) electrons. The average molecular weight is 494 g/mol. The topological polar surface area (TPSA) is 128 Å². The van der Waals surface area contributed by atoms with E-state index < -0.39 is 36.0 Å². The molecule has 0 spiro atoms. The maximum absolute atomic E-state index is 12.2. The van der Waals surface area contributed by atoms with Crippen LogP contribution in [-0.2, 0) is 30.3 Å². The van der Waals surface area contributed by atoms with Gasteiger partial charge in [-0.15, -0.1) is 0 Å². The van der Waals surface area contributed by atoms with Gasteiger partial charge in [0.05, 0.1) is 11.8 Å². The van der Waals surface area contributed by atoms with E-state index in [0.29, 0.717) is 12.0 Å². The molecule has 1 aromatic rings. The Bertz CT molecular complexity index is 865. The van der Waals surface area contributed by atoms with Crippen LogP contribution in [0.1, 0.15) is 72.8 Å². The minimum absolute atomic E-state index is 0.0497. The van der Waals surface area contributed by atoms with Crippen molar-refractivity contribution in [3.05, 3.63) is 23.8 Å². The largest absolute Gasteiger partial charge is 0.480 e. The summed E-state index contributed by atoms with van der Waals surface area (Å²) in [5.74, 6) is -3.03. The summed E-state index contributed by atoms with van der Waals surface area (Å²) in [6.07, 6.45) is 2.63. The van der Waals surface area contributed by atoms with Crippen molar-refractivity contribution in [2.45, 2.75) is 85.8 Å². The fourth-order valence-electron chi connectivity index (χ4n) is 2.93. The van der Waals surface area contributed by atoms with Crippen molar-refractivity contribution >= 4 is 23.9 Å². The van der Waals surface area contributed by atoms with E-state index in [9.17, 15) is 24.3 Å². The quantitative estimate of drug-likeness (QED) is 0.212. The third-order valence-corrected chi connectivity index (χ3v) is 5.08. The maximum Gasteiger partial charge on any atom is 0.321 e. The Morgan fingerprint density at radius 1 is 0.914 bits per heavy atom. The number of rotatable bonds is 15. The van der Waals surface area contributed by atoms with Gasteiger partial charge in [-0.1, -0.05) is 53.5 Å². The average Bonchev–Trinajstić information content (AvgIpc) is 2.77. The monoisotopic (exact) mass is 493 g/mol. The second kappa shape index (κ2) is 15.1. The normalized spacial score (nSPS) is 12.8. The number of aliphatic carboxylic acids is 1. The Hall–Kier alpha value is -2.94. The molecule has 1 rings (SSSR count). The lowest BCUT2D eigenvalue weighted by molar-refractivity contribution is -0.148. The molecule has 2 N–H and O–H groups in total. The Morgan fingerprint density at radius 3 is 2.06 bits per heavy atom. The molecule has 0 fully saturated rings. The molecule has 0 saturated carbocycles. The van der Waals surface area contributed by atoms with Crippen LogP contribution in [0.5, 0.6) is 11.5 Å². The van der Waals surface area contributed by atoms with Gasteiger partial charge < -0.3 is 24.6 Å². The number of carbonyl (C=O) groups excluding carboxylic acids is 3. The zero-order valence-electron chi connectivity index (χ0n) is 21.6. The van der Waals surface area contributed by atoms with E-state index >= 15 is 0 Å². The van der Waals surface area contributed by atoms with Crippen LogP contribution >= 0.6 is 0 Å². The molecule has 0 heterocycles. The number of benzene rings is 1. The van der Waals surface area contributed by atoms with Gasteiger partial charge in [-0.05, 0) is 37.5 Å². The summed E-state index contributed by atoms with van der Waals surface area (Å²) in [5.41, 5.74) is 0.560. The molecule has 1 unspecified atom stereocenters. The van der Waals surface area contributed by atoms with Gasteiger partial charge in [0, 0.05) is 13.0 Å². The van der Waals surface area contributed by atoms with Crippen molar-refractivity contribution in [3.8, 4) is 11.5 Å². The third kappa shape index (κ3) is 11.4. The van der Waals surface area contributed by atoms with Crippen LogP contribution in [-0.4, -0.2) is 47.7 Å². The lowest BCUT2D eigenvalue weighted by Crippen LogP contribution is -2.42. The standard InChI is InChI=1S/C26H39NO8/c1-7-8-9-10-23(28)33-18(6)15-27-20(24(29)30)13-19-11-12-21(34-25(31)16(2)3)22(14-19)35-26(32)17(4)5/h11-12,14,16-18,20,27H,7-10,13,15H2,1-6H3,(H,29,30)/t18?,20-/m0/s1. The lowest BCUT2D eigenvalue weighted by Gasteiger charge is -2.19. The van der Waals surface area contributed by atoms with Gasteiger partial charge in [0.2, 0.25) is 0 Å². The van der Waals surface area contributed by atoms with Crippen LogP contribution in [0, 0.1) is 11.8 Å². The molecule has 9 heteroatoms. The Labute approximate surface area is 207 Å². The molecule has 1 aromatic carbocycles. The minimum Gasteiger partial charge on any atom is -0.480 e. The first-order valence-corrected chi connectivity index (χ1v) is 12.2. The number of unbranched alkanes of at least 4 members (excludes halogenated alkanes) is 2. The predicted molar refractivity (Wildman–Crippen MR) is 130 cm³/mol. The first-order valence-electron chi connectivity index (χ1n) is 12.2. The number of carboxylic acids is 1. The highest BCUT2D eigenvalue weighted by Gasteiger charge is 2.22. The fourth-order valence-corrected chi connectivity index (χ4v) is 2.93. The second-order valence-electron chi connectivity index (χ2n) is 9.19. The first-order chi connectivity index (χ1) is 16.4. The van der Waals surface area contributed by atoms with Crippen molar-refractivity contribution < 1.29 is 38.5 Å². The van der Waals surface area contributed by atoms with Gasteiger partial charge in [-0.25, -0.2) is 0 Å². The number of hydrogen-bond donors (Lipinski definition) is 2. The molecule has 0 bridgehead atoms. The van der Waals surface area contributed by atoms with Crippen molar-refractivity contribution in [1.82, 2.24) is 5.32 Å². The Kier molecular flexibility index (Phi) is 13.0. The van der Waals surface area contributed by atoms with E-state index in [2.05, 4.69) is 5.32 Å². The molecule has 9 nitrogen and oxygen atoms in total. The summed E-state index contributed by atoms with van der Waals surface area (Å²) in [7, 11) is 0. The molecule has 0 aliphatic heterocycles. The predicted octanol–water partition coefficient (Wildman–Crippen LogP) is 3.91. The Morgan fingerprint density at radius 2 is 1.51 bits per heavy atom. The van der Waals surface area contributed by atoms with Crippen molar-refractivity contribution in [1.29, 1.82) is 0 Å². The molecule has 0 aromatic heterocycles. The number of hydrogen-bond acceptors (Lipinski definition) is 8. The summed E-state index contributed by atoms with van der Waals surface area (Å²) < 4.78 is 16.1. The zero-order valence-corrected chi connectivity index (χ0v) is 21.6. The first kappa shape index (κ1) is 30.1. The summed E-state index contributed by atoms with van der Waals surface area (Å²) in [6, 6.07) is 3.62. The summed E-state index contributed by atoms with van der Waals surface area (Å²) in [5, 5.41) is 12.6. The zero-order chi connectivity index (χ0) is 26.5. The van der Waals surface area contributed by atoms with Gasteiger partial charge >= 0.3 is 23.9 Å². The molecule has 0 amide bonds. The molecule has 0 aliphatic carbocycles. The van der Waals surface area contributed by atoms with Crippen LogP contribution < -0.4 is 14.8 Å². The molecule has 2 atom stereocenters. The van der Waals surface area contributed by atoms with Crippen LogP contribution in [0.4, 0.5) is 0 Å². The minimum atomic E-state index is -1.08. The summed E-state index contributed by atoms with van der Waals surface area (Å²) in [4.78, 5) is 47.9. The molecule has 35 heavy (non-hydrogen) atoms. The smallest absolute Gasteiger partial charge is 0.321 e. The molecule has 196 valence electrons. The van der Waals surface area contributed by atoms with Gasteiger partial charge in [0.15, 0.2) is 11.5 Å². The van der Waals surface area contributed by atoms with Crippen LogP contribution in [0.2, 0.25) is 0 Å². The summed E-state index contributed by atoms with van der Waals surface area (Å²) in [6.45, 7) is 10.6. The van der Waals surface area contributed by atoms with Gasteiger partial charge in [0.25, 0.3) is 0 Å². The van der Waals surface area contributed by atoms with Gasteiger partial charge in [0.1, 0.15) is 12.1 Å². The van der Waals surface area contributed by atoms with Gasteiger partial charge in [-0.3, -0.25) is 19.2 Å². The van der Waals surface area contributed by atoms with E-state index in [1.165, 1.54) is 12.1 Å². The van der Waals surface area contributed by atoms with Crippen LogP contribution in [0.15, 0.2) is 18.2 Å². The van der Waals surface area contributed by atoms with E-state index in [1.54, 1.807) is 40.7 Å². The number of nitrogens with one attached hydrogen (secondary N) is 1. The number of carboxylic acid groups (broad SMARTS) is 1. The molecular formula is C26H39NO8. The van der Waals surface area contributed by atoms with Crippen molar-refractivity contribution in [2.24, 2.45) is 11.8 Å². The molecular weight excluding hydrogens is 454 g/mol. The molecule has 0 saturated heterocycles. The van der Waals surface area contributed by atoms with E-state index in [0.717, 1.165) is 19.3 Å². The van der Waals surface area contributed by atoms with E-state index in [1.807, 2.05) is 6.92 Å². The highest BCUT2D eigenvalue weighted by atomic mass is 16.6. The SMILES string of the molecule is CCCCCC(=O)OC(C)CN[C@@H](Cc1ccc(OC(=O)C(C)C)c(OC(=O)C(C)C)c1)C(=O)O. The summed E-state index contributed by atoms with van der Waals surface area (Å²) >= 11 is 0. The highest BCUT2D eigenvalue weighted by molar-refractivity contribution is 5.78. The van der Waals surface area contributed by atoms with Crippen LogP contribution in [0.25, 0.3) is 0 Å². The lowest BCUT2D eigenvalue weighted by atomic mass is 10.0. The molecule has 0 aliphatic rings. The number of esters is 3. The van der Waals surface area contributed by atoms with E-state index in [4.69, 9.17) is 14.2 Å². The van der Waals surface area contributed by atoms with Gasteiger partial charge in [-0.2, -0.15) is 0 Å². The maximum atomic E-state index is 12.2. The number of ether oxygens (including phenoxy) is 3. The fraction of sp³-hybridized carbons (Fsp3) is 0.615. The highest BCUT2D eigenvalue weighted by Crippen LogP contribution is 2.30. The second-order valence-corrected chi connectivity index (χ2v) is 9.19. The van der Waals surface area contributed by atoms with Crippen molar-refractivity contribution in [3.63, 3.8) is 0 Å².